The fourth-order valence-electron chi connectivity index (χ4n) is 2.30. The van der Waals surface area contributed by atoms with Gasteiger partial charge < -0.3 is 19.9 Å². The lowest BCUT2D eigenvalue weighted by Crippen LogP contribution is -2.19. The second kappa shape index (κ2) is 6.09. The van der Waals surface area contributed by atoms with Gasteiger partial charge in [-0.25, -0.2) is 9.97 Å². The minimum absolute atomic E-state index is 0.273. The molecule has 0 spiro atoms. The number of ether oxygens (including phenoxy) is 1. The molecule has 0 saturated carbocycles. The molecule has 0 aromatic carbocycles. The Balaban J connectivity index is 1.66. The monoisotopic (exact) mass is 289 g/mol. The van der Waals surface area contributed by atoms with Gasteiger partial charge in [0.1, 0.15) is 23.2 Å². The second-order valence-corrected chi connectivity index (χ2v) is 5.15. The summed E-state index contributed by atoms with van der Waals surface area (Å²) in [5.41, 5.74) is 0. The summed E-state index contributed by atoms with van der Waals surface area (Å²) in [6.07, 6.45) is 2.50. The Labute approximate surface area is 123 Å². The SMILES string of the molecule is Cc1nc(NCC2CCCO2)cc(Nc2cc(C)on2)n1. The van der Waals surface area contributed by atoms with Crippen molar-refractivity contribution < 1.29 is 9.26 Å². The zero-order valence-electron chi connectivity index (χ0n) is 12.2. The summed E-state index contributed by atoms with van der Waals surface area (Å²) in [6.45, 7) is 5.32. The Hall–Kier alpha value is -2.15. The number of nitrogens with zero attached hydrogens (tertiary/aromatic N) is 3. The van der Waals surface area contributed by atoms with Gasteiger partial charge in [-0.05, 0) is 26.7 Å². The molecule has 1 unspecified atom stereocenters. The van der Waals surface area contributed by atoms with Gasteiger partial charge in [-0.3, -0.25) is 0 Å². The normalized spacial score (nSPS) is 17.9. The summed E-state index contributed by atoms with van der Waals surface area (Å²) in [5, 5.41) is 10.3. The van der Waals surface area contributed by atoms with Crippen LogP contribution in [-0.2, 0) is 4.74 Å². The Bertz CT molecular complexity index is 607. The Morgan fingerprint density at radius 2 is 2.05 bits per heavy atom. The third-order valence-corrected chi connectivity index (χ3v) is 3.26. The summed E-state index contributed by atoms with van der Waals surface area (Å²) in [4.78, 5) is 8.72. The zero-order valence-corrected chi connectivity index (χ0v) is 12.2. The minimum Gasteiger partial charge on any atom is -0.376 e. The number of hydrogen-bond donors (Lipinski definition) is 2. The van der Waals surface area contributed by atoms with Crippen LogP contribution in [0.3, 0.4) is 0 Å². The van der Waals surface area contributed by atoms with Crippen molar-refractivity contribution in [2.75, 3.05) is 23.8 Å². The van der Waals surface area contributed by atoms with Gasteiger partial charge in [-0.15, -0.1) is 0 Å². The fourth-order valence-corrected chi connectivity index (χ4v) is 2.30. The number of anilines is 3. The van der Waals surface area contributed by atoms with Gasteiger partial charge in [-0.2, -0.15) is 0 Å². The second-order valence-electron chi connectivity index (χ2n) is 5.15. The first-order valence-corrected chi connectivity index (χ1v) is 7.10. The lowest BCUT2D eigenvalue weighted by Gasteiger charge is -2.12. The molecule has 3 rings (SSSR count). The molecule has 7 nitrogen and oxygen atoms in total. The first-order chi connectivity index (χ1) is 10.2. The van der Waals surface area contributed by atoms with Crippen LogP contribution in [0.15, 0.2) is 16.7 Å². The third-order valence-electron chi connectivity index (χ3n) is 3.26. The summed E-state index contributed by atoms with van der Waals surface area (Å²) < 4.78 is 10.6. The number of rotatable bonds is 5. The van der Waals surface area contributed by atoms with E-state index in [1.807, 2.05) is 26.0 Å². The molecule has 2 aromatic heterocycles. The average Bonchev–Trinajstić information content (AvgIpc) is 3.08. The molecule has 0 bridgehead atoms. The van der Waals surface area contributed by atoms with Crippen LogP contribution in [0.4, 0.5) is 17.5 Å². The fraction of sp³-hybridized carbons (Fsp3) is 0.500. The molecular weight excluding hydrogens is 270 g/mol. The number of aromatic nitrogens is 3. The highest BCUT2D eigenvalue weighted by molar-refractivity contribution is 5.55. The van der Waals surface area contributed by atoms with Crippen molar-refractivity contribution in [2.45, 2.75) is 32.8 Å². The summed E-state index contributed by atoms with van der Waals surface area (Å²) >= 11 is 0. The van der Waals surface area contributed by atoms with E-state index in [9.17, 15) is 0 Å². The predicted octanol–water partition coefficient (Wildman–Crippen LogP) is 2.42. The summed E-state index contributed by atoms with van der Waals surface area (Å²) in [5.74, 6) is 3.54. The van der Waals surface area contributed by atoms with Gasteiger partial charge in [0, 0.05) is 25.3 Å². The van der Waals surface area contributed by atoms with Crippen molar-refractivity contribution in [3.63, 3.8) is 0 Å². The van der Waals surface area contributed by atoms with E-state index in [0.29, 0.717) is 17.5 Å². The lowest BCUT2D eigenvalue weighted by atomic mass is 10.2. The first-order valence-electron chi connectivity index (χ1n) is 7.10. The van der Waals surface area contributed by atoms with E-state index in [-0.39, 0.29) is 6.10 Å². The van der Waals surface area contributed by atoms with E-state index in [1.54, 1.807) is 0 Å². The zero-order chi connectivity index (χ0) is 14.7. The molecule has 112 valence electrons. The van der Waals surface area contributed by atoms with Crippen molar-refractivity contribution in [1.29, 1.82) is 0 Å². The maximum Gasteiger partial charge on any atom is 0.175 e. The van der Waals surface area contributed by atoms with E-state index >= 15 is 0 Å². The van der Waals surface area contributed by atoms with Crippen LogP contribution in [0.2, 0.25) is 0 Å². The maximum atomic E-state index is 5.59. The van der Waals surface area contributed by atoms with Gasteiger partial charge in [0.15, 0.2) is 5.82 Å². The molecule has 0 amide bonds. The Kier molecular flexibility index (Phi) is 4.01. The average molecular weight is 289 g/mol. The highest BCUT2D eigenvalue weighted by atomic mass is 16.5. The predicted molar refractivity (Wildman–Crippen MR) is 78.8 cm³/mol. The van der Waals surface area contributed by atoms with Crippen molar-refractivity contribution in [1.82, 2.24) is 15.1 Å². The van der Waals surface area contributed by atoms with Crippen LogP contribution < -0.4 is 10.6 Å². The van der Waals surface area contributed by atoms with E-state index in [0.717, 1.165) is 37.6 Å². The van der Waals surface area contributed by atoms with Crippen molar-refractivity contribution in [3.8, 4) is 0 Å². The van der Waals surface area contributed by atoms with Crippen LogP contribution in [0.25, 0.3) is 0 Å². The molecule has 21 heavy (non-hydrogen) atoms. The third kappa shape index (κ3) is 3.69. The molecule has 2 N–H and O–H groups in total. The van der Waals surface area contributed by atoms with Crippen LogP contribution in [0.1, 0.15) is 24.4 Å². The Morgan fingerprint density at radius 3 is 2.76 bits per heavy atom. The number of nitrogens with one attached hydrogen (secondary N) is 2. The van der Waals surface area contributed by atoms with Gasteiger partial charge >= 0.3 is 0 Å². The molecule has 2 aromatic rings. The first kappa shape index (κ1) is 13.8. The highest BCUT2D eigenvalue weighted by Crippen LogP contribution is 2.18. The van der Waals surface area contributed by atoms with Crippen molar-refractivity contribution in [3.05, 3.63) is 23.7 Å². The molecule has 0 radical (unpaired) electrons. The van der Waals surface area contributed by atoms with E-state index < -0.39 is 0 Å². The van der Waals surface area contributed by atoms with Gasteiger partial charge in [0.05, 0.1) is 6.10 Å². The molecule has 1 aliphatic rings. The Morgan fingerprint density at radius 1 is 1.19 bits per heavy atom. The van der Waals surface area contributed by atoms with E-state index in [2.05, 4.69) is 25.8 Å². The van der Waals surface area contributed by atoms with Gasteiger partial charge in [0.25, 0.3) is 0 Å². The van der Waals surface area contributed by atoms with E-state index in [1.165, 1.54) is 0 Å². The highest BCUT2D eigenvalue weighted by Gasteiger charge is 2.15. The molecule has 1 fully saturated rings. The lowest BCUT2D eigenvalue weighted by molar-refractivity contribution is 0.120. The molecule has 7 heteroatoms. The smallest absolute Gasteiger partial charge is 0.175 e. The van der Waals surface area contributed by atoms with Crippen LogP contribution in [0.5, 0.6) is 0 Å². The van der Waals surface area contributed by atoms with Gasteiger partial charge in [-0.1, -0.05) is 5.16 Å². The van der Waals surface area contributed by atoms with Crippen molar-refractivity contribution in [2.24, 2.45) is 0 Å². The van der Waals surface area contributed by atoms with Crippen LogP contribution in [0, 0.1) is 13.8 Å². The van der Waals surface area contributed by atoms with Gasteiger partial charge in [0.2, 0.25) is 0 Å². The molecule has 3 heterocycles. The van der Waals surface area contributed by atoms with Crippen LogP contribution >= 0.6 is 0 Å². The largest absolute Gasteiger partial charge is 0.376 e. The maximum absolute atomic E-state index is 5.59. The summed E-state index contributed by atoms with van der Waals surface area (Å²) in [6, 6.07) is 3.67. The number of aryl methyl sites for hydroxylation is 2. The van der Waals surface area contributed by atoms with Crippen molar-refractivity contribution >= 4 is 17.5 Å². The number of hydrogen-bond acceptors (Lipinski definition) is 7. The molecule has 1 atom stereocenters. The molecule has 1 aliphatic heterocycles. The summed E-state index contributed by atoms with van der Waals surface area (Å²) in [7, 11) is 0. The standard InChI is InChI=1S/C14H19N5O2/c1-9-6-14(19-21-9)18-13-7-12(16-10(2)17-13)15-8-11-4-3-5-20-11/h6-7,11H,3-5,8H2,1-2H3,(H2,15,16,17,18,19). The minimum atomic E-state index is 0.273. The van der Waals surface area contributed by atoms with Crippen LogP contribution in [-0.4, -0.2) is 34.4 Å². The molecule has 1 saturated heterocycles. The quantitative estimate of drug-likeness (QED) is 0.874. The topological polar surface area (TPSA) is 85.1 Å². The molecule has 0 aliphatic carbocycles. The van der Waals surface area contributed by atoms with E-state index in [4.69, 9.17) is 9.26 Å². The molecular formula is C14H19N5O2.